The summed E-state index contributed by atoms with van der Waals surface area (Å²) < 4.78 is 0.812. The molecule has 0 radical (unpaired) electrons. The molecule has 0 atom stereocenters. The third kappa shape index (κ3) is 3.44. The summed E-state index contributed by atoms with van der Waals surface area (Å²) >= 11 is 9.24. The van der Waals surface area contributed by atoms with Gasteiger partial charge in [-0.2, -0.15) is 0 Å². The number of hydrogen-bond acceptors (Lipinski definition) is 2. The van der Waals surface area contributed by atoms with Crippen molar-refractivity contribution >= 4 is 39.1 Å². The Kier molecular flexibility index (Phi) is 4.42. The highest BCUT2D eigenvalue weighted by molar-refractivity contribution is 9.10. The van der Waals surface area contributed by atoms with Crippen LogP contribution in [0.5, 0.6) is 0 Å². The lowest BCUT2D eigenvalue weighted by atomic mass is 9.97. The van der Waals surface area contributed by atoms with Gasteiger partial charge in [0.25, 0.3) is 0 Å². The van der Waals surface area contributed by atoms with Gasteiger partial charge in [0.2, 0.25) is 5.91 Å². The minimum absolute atomic E-state index is 0.0922. The fourth-order valence-electron chi connectivity index (χ4n) is 1.91. The first kappa shape index (κ1) is 12.9. The van der Waals surface area contributed by atoms with Crippen LogP contribution >= 0.6 is 27.5 Å². The second kappa shape index (κ2) is 5.85. The molecule has 0 spiro atoms. The Morgan fingerprint density at radius 1 is 1.41 bits per heavy atom. The zero-order valence-electron chi connectivity index (χ0n) is 9.30. The van der Waals surface area contributed by atoms with E-state index in [2.05, 4.69) is 26.6 Å². The number of piperidine rings is 1. The smallest absolute Gasteiger partial charge is 0.227 e. The van der Waals surface area contributed by atoms with Gasteiger partial charge in [0.15, 0.2) is 0 Å². The van der Waals surface area contributed by atoms with E-state index in [0.29, 0.717) is 5.02 Å². The van der Waals surface area contributed by atoms with Crippen molar-refractivity contribution in [1.29, 1.82) is 0 Å². The van der Waals surface area contributed by atoms with Crippen LogP contribution in [0.3, 0.4) is 0 Å². The molecule has 2 rings (SSSR count). The first-order valence-corrected chi connectivity index (χ1v) is 6.80. The molecule has 2 N–H and O–H groups in total. The molecule has 1 aliphatic heterocycles. The first-order chi connectivity index (χ1) is 8.16. The molecule has 1 saturated heterocycles. The van der Waals surface area contributed by atoms with Crippen molar-refractivity contribution in [3.05, 3.63) is 27.7 Å². The van der Waals surface area contributed by atoms with Crippen LogP contribution in [0.15, 0.2) is 22.7 Å². The molecule has 0 aliphatic carbocycles. The summed E-state index contributed by atoms with van der Waals surface area (Å²) in [6.45, 7) is 1.83. The van der Waals surface area contributed by atoms with Crippen molar-refractivity contribution < 1.29 is 4.79 Å². The van der Waals surface area contributed by atoms with Gasteiger partial charge in [0, 0.05) is 15.4 Å². The van der Waals surface area contributed by atoms with Crippen molar-refractivity contribution in [2.24, 2.45) is 5.92 Å². The Labute approximate surface area is 114 Å². The molecule has 0 unspecified atom stereocenters. The minimum atomic E-state index is 0.0922. The van der Waals surface area contributed by atoms with Crippen molar-refractivity contribution in [2.75, 3.05) is 18.4 Å². The summed E-state index contributed by atoms with van der Waals surface area (Å²) in [5.74, 6) is 0.202. The third-order valence-corrected chi connectivity index (χ3v) is 3.79. The number of anilines is 1. The molecule has 1 fully saturated rings. The number of rotatable bonds is 2. The molecular weight excluding hydrogens is 304 g/mol. The van der Waals surface area contributed by atoms with Crippen LogP contribution in [0.1, 0.15) is 12.8 Å². The molecule has 5 heteroatoms. The van der Waals surface area contributed by atoms with Crippen LogP contribution in [0.2, 0.25) is 5.02 Å². The van der Waals surface area contributed by atoms with E-state index in [4.69, 9.17) is 11.6 Å². The Bertz CT molecular complexity index is 419. The minimum Gasteiger partial charge on any atom is -0.325 e. The summed E-state index contributed by atoms with van der Waals surface area (Å²) in [5.41, 5.74) is 0.776. The molecule has 92 valence electrons. The maximum Gasteiger partial charge on any atom is 0.227 e. The predicted octanol–water partition coefficient (Wildman–Crippen LogP) is 3.04. The lowest BCUT2D eigenvalue weighted by Crippen LogP contribution is -2.34. The maximum atomic E-state index is 12.0. The highest BCUT2D eigenvalue weighted by Crippen LogP contribution is 2.27. The molecule has 1 aliphatic rings. The zero-order valence-corrected chi connectivity index (χ0v) is 11.6. The van der Waals surface area contributed by atoms with Gasteiger partial charge in [-0.15, -0.1) is 0 Å². The number of amides is 1. The van der Waals surface area contributed by atoms with Crippen LogP contribution in [-0.2, 0) is 4.79 Å². The number of carbonyl (C=O) groups excluding carboxylic acids is 1. The molecule has 1 aromatic carbocycles. The molecule has 0 bridgehead atoms. The SMILES string of the molecule is O=C(Nc1ccc(Cl)cc1Br)C1CCNCC1. The molecular formula is C12H14BrClN2O. The summed E-state index contributed by atoms with van der Waals surface area (Å²) in [6.07, 6.45) is 1.80. The standard InChI is InChI=1S/C12H14BrClN2O/c13-10-7-9(14)1-2-11(10)16-12(17)8-3-5-15-6-4-8/h1-2,7-8,15H,3-6H2,(H,16,17). The van der Waals surface area contributed by atoms with Gasteiger partial charge >= 0.3 is 0 Å². The number of nitrogens with one attached hydrogen (secondary N) is 2. The van der Waals surface area contributed by atoms with E-state index in [1.165, 1.54) is 0 Å². The Balaban J connectivity index is 2.02. The van der Waals surface area contributed by atoms with Crippen LogP contribution in [-0.4, -0.2) is 19.0 Å². The van der Waals surface area contributed by atoms with E-state index >= 15 is 0 Å². The molecule has 17 heavy (non-hydrogen) atoms. The number of benzene rings is 1. The highest BCUT2D eigenvalue weighted by atomic mass is 79.9. The number of carbonyl (C=O) groups is 1. The summed E-state index contributed by atoms with van der Waals surface area (Å²) in [4.78, 5) is 12.0. The third-order valence-electron chi connectivity index (χ3n) is 2.90. The average molecular weight is 318 g/mol. The number of hydrogen-bond donors (Lipinski definition) is 2. The molecule has 1 heterocycles. The quantitative estimate of drug-likeness (QED) is 0.880. The lowest BCUT2D eigenvalue weighted by molar-refractivity contribution is -0.120. The second-order valence-electron chi connectivity index (χ2n) is 4.14. The van der Waals surface area contributed by atoms with E-state index in [1.807, 2.05) is 6.07 Å². The van der Waals surface area contributed by atoms with Gasteiger partial charge < -0.3 is 10.6 Å². The summed E-state index contributed by atoms with van der Waals surface area (Å²) in [5, 5.41) is 6.83. The predicted molar refractivity (Wildman–Crippen MR) is 73.4 cm³/mol. The van der Waals surface area contributed by atoms with Crippen molar-refractivity contribution in [3.8, 4) is 0 Å². The first-order valence-electron chi connectivity index (χ1n) is 5.63. The normalized spacial score (nSPS) is 16.8. The largest absolute Gasteiger partial charge is 0.325 e. The maximum absolute atomic E-state index is 12.0. The Morgan fingerprint density at radius 2 is 2.12 bits per heavy atom. The van der Waals surface area contributed by atoms with Gasteiger partial charge in [-0.1, -0.05) is 11.6 Å². The zero-order chi connectivity index (χ0) is 12.3. The molecule has 3 nitrogen and oxygen atoms in total. The topological polar surface area (TPSA) is 41.1 Å². The second-order valence-corrected chi connectivity index (χ2v) is 5.43. The van der Waals surface area contributed by atoms with Crippen LogP contribution in [0, 0.1) is 5.92 Å². The Morgan fingerprint density at radius 3 is 2.76 bits per heavy atom. The Hall–Kier alpha value is -0.580. The summed E-state index contributed by atoms with van der Waals surface area (Å²) in [6, 6.07) is 5.36. The van der Waals surface area contributed by atoms with Gasteiger partial charge in [-0.3, -0.25) is 4.79 Å². The van der Waals surface area contributed by atoms with E-state index in [-0.39, 0.29) is 11.8 Å². The van der Waals surface area contributed by atoms with E-state index in [1.54, 1.807) is 12.1 Å². The van der Waals surface area contributed by atoms with Gasteiger partial charge in [-0.25, -0.2) is 0 Å². The van der Waals surface area contributed by atoms with Gasteiger partial charge in [0.05, 0.1) is 5.69 Å². The van der Waals surface area contributed by atoms with Gasteiger partial charge in [0.1, 0.15) is 0 Å². The molecule has 0 aromatic heterocycles. The monoisotopic (exact) mass is 316 g/mol. The van der Waals surface area contributed by atoms with Crippen molar-refractivity contribution in [2.45, 2.75) is 12.8 Å². The van der Waals surface area contributed by atoms with Crippen molar-refractivity contribution in [1.82, 2.24) is 5.32 Å². The molecule has 0 saturated carbocycles. The fourth-order valence-corrected chi connectivity index (χ4v) is 2.69. The van der Waals surface area contributed by atoms with Crippen molar-refractivity contribution in [3.63, 3.8) is 0 Å². The van der Waals surface area contributed by atoms with E-state index in [0.717, 1.165) is 36.1 Å². The fraction of sp³-hybridized carbons (Fsp3) is 0.417. The van der Waals surface area contributed by atoms with Crippen LogP contribution < -0.4 is 10.6 Å². The van der Waals surface area contributed by atoms with Crippen LogP contribution in [0.4, 0.5) is 5.69 Å². The van der Waals surface area contributed by atoms with E-state index in [9.17, 15) is 4.79 Å². The molecule has 1 aromatic rings. The summed E-state index contributed by atoms with van der Waals surface area (Å²) in [7, 11) is 0. The number of halogens is 2. The van der Waals surface area contributed by atoms with Gasteiger partial charge in [-0.05, 0) is 60.1 Å². The molecule has 1 amide bonds. The van der Waals surface area contributed by atoms with E-state index < -0.39 is 0 Å². The highest BCUT2D eigenvalue weighted by Gasteiger charge is 2.21. The lowest BCUT2D eigenvalue weighted by Gasteiger charge is -2.22. The average Bonchev–Trinajstić information content (AvgIpc) is 2.34. The van der Waals surface area contributed by atoms with Crippen LogP contribution in [0.25, 0.3) is 0 Å².